The first kappa shape index (κ1) is 20.0. The average Bonchev–Trinajstić information content (AvgIpc) is 2.76. The van der Waals surface area contributed by atoms with Crippen molar-refractivity contribution in [2.75, 3.05) is 18.5 Å². The molecule has 2 aromatic heterocycles. The van der Waals surface area contributed by atoms with E-state index in [4.69, 9.17) is 9.72 Å². The number of amides is 1. The zero-order valence-electron chi connectivity index (χ0n) is 17.1. The van der Waals surface area contributed by atoms with Crippen molar-refractivity contribution in [2.45, 2.75) is 32.9 Å². The van der Waals surface area contributed by atoms with E-state index in [0.717, 1.165) is 35.1 Å². The Balaban J connectivity index is 1.60. The lowest BCUT2D eigenvalue weighted by atomic mass is 9.95. The van der Waals surface area contributed by atoms with Crippen LogP contribution in [0.25, 0.3) is 10.9 Å². The fraction of sp³-hybridized carbons (Fsp3) is 0.304. The molecular formula is C23H24N4O3. The van der Waals surface area contributed by atoms with E-state index in [2.05, 4.69) is 29.0 Å². The number of esters is 1. The maximum absolute atomic E-state index is 13.1. The summed E-state index contributed by atoms with van der Waals surface area (Å²) in [6.07, 6.45) is 2.36. The van der Waals surface area contributed by atoms with E-state index in [1.807, 2.05) is 24.3 Å². The van der Waals surface area contributed by atoms with Gasteiger partial charge in [-0.2, -0.15) is 0 Å². The van der Waals surface area contributed by atoms with E-state index in [1.54, 1.807) is 24.4 Å². The molecule has 0 bridgehead atoms. The van der Waals surface area contributed by atoms with Gasteiger partial charge in [-0.25, -0.2) is 9.78 Å². The molecule has 7 nitrogen and oxygen atoms in total. The molecule has 0 unspecified atom stereocenters. The Morgan fingerprint density at radius 1 is 1.17 bits per heavy atom. The number of aromatic nitrogens is 2. The van der Waals surface area contributed by atoms with Crippen molar-refractivity contribution >= 4 is 28.6 Å². The number of nitrogens with one attached hydrogen (secondary N) is 1. The molecule has 0 spiro atoms. The van der Waals surface area contributed by atoms with Crippen molar-refractivity contribution in [3.8, 4) is 0 Å². The average molecular weight is 404 g/mol. The standard InChI is InChI=1S/C23H24N4O3/c1-15(2)27-12-10-19-17(13-27)22(16-7-3-4-8-18(16)25-19)23(29)30-14-21(28)26-20-9-5-6-11-24-20/h3-9,11,15H,10,12-14H2,1-2H3,(H,24,26,28). The molecule has 7 heteroatoms. The Labute approximate surface area is 175 Å². The number of hydrogen-bond donors (Lipinski definition) is 1. The van der Waals surface area contributed by atoms with Gasteiger partial charge < -0.3 is 10.1 Å². The molecule has 1 aromatic carbocycles. The first-order valence-corrected chi connectivity index (χ1v) is 10.1. The molecule has 3 heterocycles. The smallest absolute Gasteiger partial charge is 0.339 e. The van der Waals surface area contributed by atoms with Crippen LogP contribution in [0, 0.1) is 0 Å². The van der Waals surface area contributed by atoms with Gasteiger partial charge in [-0.05, 0) is 32.0 Å². The molecule has 3 aromatic rings. The molecule has 30 heavy (non-hydrogen) atoms. The fourth-order valence-electron chi connectivity index (χ4n) is 3.70. The van der Waals surface area contributed by atoms with Gasteiger partial charge in [-0.3, -0.25) is 14.7 Å². The third-order valence-electron chi connectivity index (χ3n) is 5.28. The Hall–Kier alpha value is -3.32. The highest BCUT2D eigenvalue weighted by Gasteiger charge is 2.27. The highest BCUT2D eigenvalue weighted by Crippen LogP contribution is 2.29. The highest BCUT2D eigenvalue weighted by molar-refractivity contribution is 6.06. The molecule has 1 aliphatic rings. The monoisotopic (exact) mass is 404 g/mol. The summed E-state index contributed by atoms with van der Waals surface area (Å²) in [5, 5.41) is 3.37. The zero-order chi connectivity index (χ0) is 21.1. The van der Waals surface area contributed by atoms with Crippen molar-refractivity contribution in [2.24, 2.45) is 0 Å². The second-order valence-electron chi connectivity index (χ2n) is 7.58. The van der Waals surface area contributed by atoms with Gasteiger partial charge in [0.05, 0.1) is 11.1 Å². The quantitative estimate of drug-likeness (QED) is 0.658. The number of hydrogen-bond acceptors (Lipinski definition) is 6. The number of rotatable bonds is 5. The van der Waals surface area contributed by atoms with Gasteiger partial charge in [0.15, 0.2) is 6.61 Å². The first-order chi connectivity index (χ1) is 14.5. The summed E-state index contributed by atoms with van der Waals surface area (Å²) in [6.45, 7) is 5.43. The van der Waals surface area contributed by atoms with Gasteiger partial charge in [0.2, 0.25) is 0 Å². The van der Waals surface area contributed by atoms with Gasteiger partial charge >= 0.3 is 5.97 Å². The molecule has 154 valence electrons. The predicted octanol–water partition coefficient (Wildman–Crippen LogP) is 3.19. The van der Waals surface area contributed by atoms with Gasteiger partial charge in [0, 0.05) is 48.4 Å². The van der Waals surface area contributed by atoms with Gasteiger partial charge in [-0.15, -0.1) is 0 Å². The van der Waals surface area contributed by atoms with Crippen LogP contribution in [0.2, 0.25) is 0 Å². The summed E-state index contributed by atoms with van der Waals surface area (Å²) in [5.74, 6) is -0.525. The van der Waals surface area contributed by atoms with Gasteiger partial charge in [0.1, 0.15) is 5.82 Å². The predicted molar refractivity (Wildman–Crippen MR) is 114 cm³/mol. The second kappa shape index (κ2) is 8.59. The van der Waals surface area contributed by atoms with Crippen LogP contribution in [0.5, 0.6) is 0 Å². The molecule has 0 radical (unpaired) electrons. The summed E-state index contributed by atoms with van der Waals surface area (Å²) in [5.41, 5.74) is 3.09. The van der Waals surface area contributed by atoms with Crippen molar-refractivity contribution in [3.05, 3.63) is 65.5 Å². The number of pyridine rings is 2. The first-order valence-electron chi connectivity index (χ1n) is 10.1. The lowest BCUT2D eigenvalue weighted by Gasteiger charge is -2.32. The molecule has 0 saturated carbocycles. The van der Waals surface area contributed by atoms with E-state index in [0.29, 0.717) is 24.0 Å². The largest absolute Gasteiger partial charge is 0.452 e. The minimum absolute atomic E-state index is 0.359. The third-order valence-corrected chi connectivity index (χ3v) is 5.28. The Kier molecular flexibility index (Phi) is 5.72. The van der Waals surface area contributed by atoms with Crippen molar-refractivity contribution < 1.29 is 14.3 Å². The number of para-hydroxylation sites is 1. The van der Waals surface area contributed by atoms with E-state index in [9.17, 15) is 9.59 Å². The zero-order valence-corrected chi connectivity index (χ0v) is 17.1. The second-order valence-corrected chi connectivity index (χ2v) is 7.58. The molecule has 0 atom stereocenters. The van der Waals surface area contributed by atoms with Crippen LogP contribution < -0.4 is 5.32 Å². The third kappa shape index (κ3) is 4.16. The number of carbonyl (C=O) groups excluding carboxylic acids is 2. The number of fused-ring (bicyclic) bond motifs is 2. The molecule has 0 saturated heterocycles. The van der Waals surface area contributed by atoms with Crippen molar-refractivity contribution in [1.29, 1.82) is 0 Å². The minimum atomic E-state index is -0.508. The fourth-order valence-corrected chi connectivity index (χ4v) is 3.70. The van der Waals surface area contributed by atoms with Crippen LogP contribution in [0.3, 0.4) is 0 Å². The lowest BCUT2D eigenvalue weighted by Crippen LogP contribution is -2.37. The SMILES string of the molecule is CC(C)N1CCc2nc3ccccc3c(C(=O)OCC(=O)Nc3ccccn3)c2C1. The molecule has 0 aliphatic carbocycles. The number of anilines is 1. The number of carbonyl (C=O) groups is 2. The van der Waals surface area contributed by atoms with Crippen molar-refractivity contribution in [3.63, 3.8) is 0 Å². The van der Waals surface area contributed by atoms with E-state index >= 15 is 0 Å². The Bertz CT molecular complexity index is 1080. The summed E-state index contributed by atoms with van der Waals surface area (Å²) in [4.78, 5) is 36.4. The van der Waals surface area contributed by atoms with Crippen LogP contribution in [0.4, 0.5) is 5.82 Å². The number of nitrogens with zero attached hydrogens (tertiary/aromatic N) is 3. The molecular weight excluding hydrogens is 380 g/mol. The molecule has 4 rings (SSSR count). The maximum atomic E-state index is 13.1. The maximum Gasteiger partial charge on any atom is 0.339 e. The summed E-state index contributed by atoms with van der Waals surface area (Å²) in [7, 11) is 0. The summed E-state index contributed by atoms with van der Waals surface area (Å²) in [6, 6.07) is 13.1. The normalized spacial score (nSPS) is 13.8. The Morgan fingerprint density at radius 3 is 2.73 bits per heavy atom. The van der Waals surface area contributed by atoms with E-state index < -0.39 is 11.9 Å². The van der Waals surface area contributed by atoms with Gasteiger partial charge in [-0.1, -0.05) is 24.3 Å². The molecule has 1 N–H and O–H groups in total. The lowest BCUT2D eigenvalue weighted by molar-refractivity contribution is -0.119. The highest BCUT2D eigenvalue weighted by atomic mass is 16.5. The van der Waals surface area contributed by atoms with Crippen molar-refractivity contribution in [1.82, 2.24) is 14.9 Å². The molecule has 1 aliphatic heterocycles. The van der Waals surface area contributed by atoms with Gasteiger partial charge in [0.25, 0.3) is 5.91 Å². The van der Waals surface area contributed by atoms with Crippen LogP contribution >= 0.6 is 0 Å². The van der Waals surface area contributed by atoms with Crippen LogP contribution in [0.1, 0.15) is 35.5 Å². The van der Waals surface area contributed by atoms with Crippen LogP contribution in [-0.2, 0) is 22.5 Å². The molecule has 1 amide bonds. The number of ether oxygens (including phenoxy) is 1. The minimum Gasteiger partial charge on any atom is -0.452 e. The van der Waals surface area contributed by atoms with E-state index in [1.165, 1.54) is 0 Å². The summed E-state index contributed by atoms with van der Waals surface area (Å²) < 4.78 is 5.41. The number of benzene rings is 1. The summed E-state index contributed by atoms with van der Waals surface area (Å²) >= 11 is 0. The Morgan fingerprint density at radius 2 is 1.97 bits per heavy atom. The molecule has 0 fully saturated rings. The topological polar surface area (TPSA) is 84.4 Å². The van der Waals surface area contributed by atoms with Crippen LogP contribution in [-0.4, -0.2) is 45.9 Å². The van der Waals surface area contributed by atoms with E-state index in [-0.39, 0.29) is 6.61 Å². The van der Waals surface area contributed by atoms with Crippen LogP contribution in [0.15, 0.2) is 48.7 Å².